The average molecular weight is 178 g/mol. The number of Topliss-reactive ketones (excluding diaryl/α,β-unsaturated/α-hetero) is 1. The molecule has 0 saturated heterocycles. The third-order valence-electron chi connectivity index (χ3n) is 1.02. The molecule has 13 heavy (non-hydrogen) atoms. The number of methoxy groups -OCH3 is 1. The molecule has 0 bridgehead atoms. The molecule has 0 aromatic heterocycles. The second kappa shape index (κ2) is 6.94. The van der Waals surface area contributed by atoms with Crippen molar-refractivity contribution in [2.75, 3.05) is 7.11 Å². The summed E-state index contributed by atoms with van der Waals surface area (Å²) in [6.07, 6.45) is 0.957. The molecule has 0 amide bonds. The van der Waals surface area contributed by atoms with Crippen LogP contribution < -0.4 is 0 Å². The van der Waals surface area contributed by atoms with Crippen LogP contribution in [0.15, 0.2) is 0 Å². The molecule has 68 valence electrons. The van der Waals surface area contributed by atoms with Crippen molar-refractivity contribution in [3.05, 3.63) is 0 Å². The molecule has 0 saturated carbocycles. The minimum absolute atomic E-state index is 0.166. The zero-order valence-electron chi connectivity index (χ0n) is 7.64. The summed E-state index contributed by atoms with van der Waals surface area (Å²) in [6, 6.07) is 0. The van der Waals surface area contributed by atoms with Crippen LogP contribution in [0.2, 0.25) is 0 Å². The molecule has 0 heterocycles. The normalized spacial score (nSPS) is 7.23. The first-order valence-electron chi connectivity index (χ1n) is 3.73. The molecular formula is C10H10O3. The first-order chi connectivity index (χ1) is 6.16. The molecule has 3 nitrogen and oxygen atoms in total. The van der Waals surface area contributed by atoms with Crippen molar-refractivity contribution in [1.82, 2.24) is 0 Å². The summed E-state index contributed by atoms with van der Waals surface area (Å²) < 4.78 is 4.29. The summed E-state index contributed by atoms with van der Waals surface area (Å²) in [4.78, 5) is 20.8. The van der Waals surface area contributed by atoms with Gasteiger partial charge in [0.15, 0.2) is 0 Å². The summed E-state index contributed by atoms with van der Waals surface area (Å²) >= 11 is 0. The summed E-state index contributed by atoms with van der Waals surface area (Å²) in [5.74, 6) is 9.10. The first-order valence-corrected chi connectivity index (χ1v) is 3.73. The van der Waals surface area contributed by atoms with Gasteiger partial charge in [0.2, 0.25) is 5.78 Å². The van der Waals surface area contributed by atoms with Crippen LogP contribution in [-0.2, 0) is 14.3 Å². The molecule has 0 aliphatic heterocycles. The molecule has 0 aromatic carbocycles. The van der Waals surface area contributed by atoms with Gasteiger partial charge in [0.25, 0.3) is 0 Å². The Morgan fingerprint density at radius 1 is 1.15 bits per heavy atom. The Bertz CT molecular complexity index is 307. The number of rotatable bonds is 1. The van der Waals surface area contributed by atoms with Crippen molar-refractivity contribution in [1.29, 1.82) is 0 Å². The Morgan fingerprint density at radius 2 is 1.69 bits per heavy atom. The van der Waals surface area contributed by atoms with Crippen LogP contribution in [0.3, 0.4) is 0 Å². The second-order valence-electron chi connectivity index (χ2n) is 2.15. The fourth-order valence-electron chi connectivity index (χ4n) is 0.498. The summed E-state index contributed by atoms with van der Waals surface area (Å²) in [5, 5.41) is 0. The van der Waals surface area contributed by atoms with Gasteiger partial charge in [0.1, 0.15) is 0 Å². The molecule has 0 spiro atoms. The van der Waals surface area contributed by atoms with Gasteiger partial charge in [0.05, 0.1) is 7.11 Å². The van der Waals surface area contributed by atoms with E-state index in [1.165, 1.54) is 14.0 Å². The van der Waals surface area contributed by atoms with E-state index in [2.05, 4.69) is 28.4 Å². The van der Waals surface area contributed by atoms with Crippen LogP contribution in [0.1, 0.15) is 19.8 Å². The Morgan fingerprint density at radius 3 is 2.15 bits per heavy atom. The number of carbonyl (C=O) groups is 2. The molecule has 0 atom stereocenters. The Kier molecular flexibility index (Phi) is 6.01. The maximum Gasteiger partial charge on any atom is 0.384 e. The quantitative estimate of drug-likeness (QED) is 0.193. The van der Waals surface area contributed by atoms with E-state index in [1.807, 2.05) is 0 Å². The maximum atomic E-state index is 10.5. The average Bonchev–Trinajstić information content (AvgIpc) is 2.10. The summed E-state index contributed by atoms with van der Waals surface area (Å²) in [6.45, 7) is 1.40. The fraction of sp³-hybridized carbons (Fsp3) is 0.400. The third kappa shape index (κ3) is 8.16. The molecule has 0 radical (unpaired) electrons. The Hall–Kier alpha value is -1.74. The van der Waals surface area contributed by atoms with E-state index in [0.29, 0.717) is 12.8 Å². The van der Waals surface area contributed by atoms with Crippen LogP contribution in [0.5, 0.6) is 0 Å². The van der Waals surface area contributed by atoms with E-state index in [1.54, 1.807) is 0 Å². The van der Waals surface area contributed by atoms with Gasteiger partial charge in [-0.2, -0.15) is 0 Å². The van der Waals surface area contributed by atoms with Crippen molar-refractivity contribution in [3.63, 3.8) is 0 Å². The molecule has 0 rings (SSSR count). The van der Waals surface area contributed by atoms with Crippen LogP contribution in [0, 0.1) is 23.7 Å². The van der Waals surface area contributed by atoms with Crippen molar-refractivity contribution >= 4 is 11.8 Å². The van der Waals surface area contributed by atoms with E-state index in [4.69, 9.17) is 0 Å². The molecular weight excluding hydrogens is 168 g/mol. The Labute approximate surface area is 77.5 Å². The first kappa shape index (κ1) is 11.3. The molecule has 0 N–H and O–H groups in total. The summed E-state index contributed by atoms with van der Waals surface area (Å²) in [7, 11) is 1.27. The predicted molar refractivity (Wildman–Crippen MR) is 47.5 cm³/mol. The zero-order valence-corrected chi connectivity index (χ0v) is 7.64. The monoisotopic (exact) mass is 178 g/mol. The van der Waals surface area contributed by atoms with Gasteiger partial charge in [-0.1, -0.05) is 11.8 Å². The van der Waals surface area contributed by atoms with Crippen molar-refractivity contribution in [2.45, 2.75) is 19.8 Å². The topological polar surface area (TPSA) is 43.4 Å². The zero-order chi connectivity index (χ0) is 10.1. The number of esters is 1. The molecule has 0 aliphatic carbocycles. The lowest BCUT2D eigenvalue weighted by molar-refractivity contribution is -0.133. The number of hydrogen-bond donors (Lipinski definition) is 0. The number of unbranched alkanes of at least 4 members (excludes halogenated alkanes) is 1. The highest BCUT2D eigenvalue weighted by Gasteiger charge is 1.87. The molecule has 0 aliphatic rings. The molecule has 0 unspecified atom stereocenters. The number of ether oxygens (including phenoxy) is 1. The van der Waals surface area contributed by atoms with Gasteiger partial charge in [-0.25, -0.2) is 4.79 Å². The van der Waals surface area contributed by atoms with Crippen LogP contribution in [0.25, 0.3) is 0 Å². The van der Waals surface area contributed by atoms with E-state index in [0.717, 1.165) is 0 Å². The van der Waals surface area contributed by atoms with E-state index < -0.39 is 5.97 Å². The second-order valence-corrected chi connectivity index (χ2v) is 2.15. The smallest absolute Gasteiger partial charge is 0.384 e. The van der Waals surface area contributed by atoms with E-state index in [9.17, 15) is 9.59 Å². The van der Waals surface area contributed by atoms with Gasteiger partial charge >= 0.3 is 5.97 Å². The van der Waals surface area contributed by atoms with Gasteiger partial charge < -0.3 is 4.74 Å². The molecule has 3 heteroatoms. The molecule has 0 fully saturated rings. The van der Waals surface area contributed by atoms with Gasteiger partial charge in [0, 0.05) is 25.7 Å². The van der Waals surface area contributed by atoms with Gasteiger partial charge in [-0.15, -0.1) is 0 Å². The van der Waals surface area contributed by atoms with Crippen LogP contribution >= 0.6 is 0 Å². The Balaban J connectivity index is 3.68. The highest BCUT2D eigenvalue weighted by atomic mass is 16.5. The number of ketones is 1. The largest absolute Gasteiger partial charge is 0.459 e. The van der Waals surface area contributed by atoms with E-state index in [-0.39, 0.29) is 5.78 Å². The highest BCUT2D eigenvalue weighted by molar-refractivity contribution is 5.93. The third-order valence-corrected chi connectivity index (χ3v) is 1.02. The lowest BCUT2D eigenvalue weighted by Crippen LogP contribution is -1.93. The highest BCUT2D eigenvalue weighted by Crippen LogP contribution is 1.83. The van der Waals surface area contributed by atoms with Crippen LogP contribution in [-0.4, -0.2) is 18.9 Å². The predicted octanol–water partition coefficient (Wildman–Crippen LogP) is 0.535. The van der Waals surface area contributed by atoms with Gasteiger partial charge in [-0.05, 0) is 5.92 Å². The number of carbonyl (C=O) groups excluding carboxylic acids is 2. The fourth-order valence-corrected chi connectivity index (χ4v) is 0.498. The van der Waals surface area contributed by atoms with E-state index >= 15 is 0 Å². The lowest BCUT2D eigenvalue weighted by Gasteiger charge is -1.83. The van der Waals surface area contributed by atoms with Crippen molar-refractivity contribution < 1.29 is 14.3 Å². The lowest BCUT2D eigenvalue weighted by atomic mass is 10.3. The maximum absolute atomic E-state index is 10.5. The van der Waals surface area contributed by atoms with Gasteiger partial charge in [-0.3, -0.25) is 4.79 Å². The standard InChI is InChI=1S/C10H10O3/c1-9(11)7-5-3-4-6-8-10(12)13-2/h3-4H2,1-2H3. The minimum Gasteiger partial charge on any atom is -0.459 e. The van der Waals surface area contributed by atoms with Crippen molar-refractivity contribution in [3.8, 4) is 23.7 Å². The van der Waals surface area contributed by atoms with Crippen molar-refractivity contribution in [2.24, 2.45) is 0 Å². The van der Waals surface area contributed by atoms with Crippen LogP contribution in [0.4, 0.5) is 0 Å². The summed E-state index contributed by atoms with van der Waals surface area (Å²) in [5.41, 5.74) is 0. The SMILES string of the molecule is COC(=O)C#CCCC#CC(C)=O. The minimum atomic E-state index is -0.556. The molecule has 0 aromatic rings. The number of hydrogen-bond acceptors (Lipinski definition) is 3.